The highest BCUT2D eigenvalue weighted by Gasteiger charge is 2.30. The zero-order valence-corrected chi connectivity index (χ0v) is 11.9. The van der Waals surface area contributed by atoms with E-state index < -0.39 is 12.0 Å². The molecule has 2 atom stereocenters. The summed E-state index contributed by atoms with van der Waals surface area (Å²) in [5.41, 5.74) is 0.404. The minimum absolute atomic E-state index is 0.163. The number of aliphatic carboxylic acids is 1. The van der Waals surface area contributed by atoms with Crippen LogP contribution in [0.15, 0.2) is 24.3 Å². The molecule has 108 valence electrons. The summed E-state index contributed by atoms with van der Waals surface area (Å²) in [6.07, 6.45) is 0.747. The number of nitrogens with zero attached hydrogens (tertiary/aromatic N) is 1. The second-order valence-electron chi connectivity index (χ2n) is 5.05. The molecular weight excluding hydrogens is 280 g/mol. The quantitative estimate of drug-likeness (QED) is 0.884. The Balaban J connectivity index is 2.13. The minimum Gasteiger partial charge on any atom is -0.479 e. The number of halogens is 1. The first-order valence-corrected chi connectivity index (χ1v) is 6.83. The number of carbonyl (C=O) groups excluding carboxylic acids is 1. The maximum absolute atomic E-state index is 12.1. The lowest BCUT2D eigenvalue weighted by molar-refractivity contribution is -0.142. The SMILES string of the molecule is CN1CCC(C(=O)N[C@@H](C(=O)O)c2ccccc2Cl)C1. The molecule has 0 radical (unpaired) electrons. The summed E-state index contributed by atoms with van der Waals surface area (Å²) in [5, 5.41) is 12.2. The zero-order chi connectivity index (χ0) is 14.7. The van der Waals surface area contributed by atoms with Crippen molar-refractivity contribution in [3.05, 3.63) is 34.9 Å². The van der Waals surface area contributed by atoms with Crippen molar-refractivity contribution in [3.63, 3.8) is 0 Å². The molecular formula is C14H17ClN2O3. The summed E-state index contributed by atoms with van der Waals surface area (Å²) in [5.74, 6) is -1.51. The molecule has 5 nitrogen and oxygen atoms in total. The van der Waals surface area contributed by atoms with E-state index in [1.54, 1.807) is 24.3 Å². The van der Waals surface area contributed by atoms with Gasteiger partial charge in [-0.05, 0) is 26.1 Å². The highest BCUT2D eigenvalue weighted by atomic mass is 35.5. The smallest absolute Gasteiger partial charge is 0.330 e. The Kier molecular flexibility index (Phi) is 4.62. The molecule has 2 rings (SSSR count). The van der Waals surface area contributed by atoms with Crippen LogP contribution in [0.5, 0.6) is 0 Å². The Bertz CT molecular complexity index is 521. The Hall–Kier alpha value is -1.59. The number of carbonyl (C=O) groups is 2. The molecule has 1 heterocycles. The molecule has 0 aromatic heterocycles. The number of amides is 1. The van der Waals surface area contributed by atoms with Crippen LogP contribution in [0.4, 0.5) is 0 Å². The van der Waals surface area contributed by atoms with E-state index in [4.69, 9.17) is 11.6 Å². The maximum Gasteiger partial charge on any atom is 0.330 e. The van der Waals surface area contributed by atoms with Gasteiger partial charge in [0.2, 0.25) is 5.91 Å². The highest BCUT2D eigenvalue weighted by Crippen LogP contribution is 2.24. The van der Waals surface area contributed by atoms with E-state index in [1.807, 2.05) is 7.05 Å². The van der Waals surface area contributed by atoms with Gasteiger partial charge in [0.15, 0.2) is 6.04 Å². The molecule has 1 fully saturated rings. The van der Waals surface area contributed by atoms with Gasteiger partial charge in [0, 0.05) is 17.1 Å². The molecule has 1 saturated heterocycles. The van der Waals surface area contributed by atoms with Gasteiger partial charge < -0.3 is 15.3 Å². The van der Waals surface area contributed by atoms with Crippen molar-refractivity contribution in [3.8, 4) is 0 Å². The summed E-state index contributed by atoms with van der Waals surface area (Å²) >= 11 is 6.01. The lowest BCUT2D eigenvalue weighted by atomic mass is 10.0. The van der Waals surface area contributed by atoms with Gasteiger partial charge in [-0.1, -0.05) is 29.8 Å². The average molecular weight is 297 g/mol. The summed E-state index contributed by atoms with van der Waals surface area (Å²) in [6, 6.07) is 5.54. The van der Waals surface area contributed by atoms with E-state index in [9.17, 15) is 14.7 Å². The van der Waals surface area contributed by atoms with Gasteiger partial charge in [-0.25, -0.2) is 4.79 Å². The zero-order valence-electron chi connectivity index (χ0n) is 11.2. The second kappa shape index (κ2) is 6.24. The topological polar surface area (TPSA) is 69.6 Å². The highest BCUT2D eigenvalue weighted by molar-refractivity contribution is 6.31. The van der Waals surface area contributed by atoms with Crippen molar-refractivity contribution in [1.82, 2.24) is 10.2 Å². The monoisotopic (exact) mass is 296 g/mol. The molecule has 1 unspecified atom stereocenters. The number of likely N-dealkylation sites (tertiary alicyclic amines) is 1. The first-order chi connectivity index (χ1) is 9.49. The molecule has 6 heteroatoms. The van der Waals surface area contributed by atoms with Gasteiger partial charge >= 0.3 is 5.97 Å². The Morgan fingerprint density at radius 1 is 1.45 bits per heavy atom. The van der Waals surface area contributed by atoms with Crippen LogP contribution in [0.1, 0.15) is 18.0 Å². The minimum atomic E-state index is -1.11. The van der Waals surface area contributed by atoms with Crippen LogP contribution in [0.25, 0.3) is 0 Å². The maximum atomic E-state index is 12.1. The third kappa shape index (κ3) is 3.29. The standard InChI is InChI=1S/C14H17ClN2O3/c1-17-7-6-9(8-17)13(18)16-12(14(19)20)10-4-2-3-5-11(10)15/h2-5,9,12H,6-8H2,1H3,(H,16,18)(H,19,20)/t9?,12-/m1/s1. The third-order valence-corrected chi connectivity index (χ3v) is 3.86. The van der Waals surface area contributed by atoms with E-state index in [-0.39, 0.29) is 11.8 Å². The fourth-order valence-corrected chi connectivity index (χ4v) is 2.64. The van der Waals surface area contributed by atoms with Crippen LogP contribution in [0, 0.1) is 5.92 Å². The predicted molar refractivity (Wildman–Crippen MR) is 75.6 cm³/mol. The van der Waals surface area contributed by atoms with Crippen LogP contribution < -0.4 is 5.32 Å². The number of nitrogens with one attached hydrogen (secondary N) is 1. The fraction of sp³-hybridized carbons (Fsp3) is 0.429. The Morgan fingerprint density at radius 3 is 2.70 bits per heavy atom. The molecule has 0 saturated carbocycles. The lowest BCUT2D eigenvalue weighted by Crippen LogP contribution is -2.38. The van der Waals surface area contributed by atoms with Gasteiger partial charge in [0.1, 0.15) is 0 Å². The number of hydrogen-bond donors (Lipinski definition) is 2. The van der Waals surface area contributed by atoms with Crippen LogP contribution in [-0.2, 0) is 9.59 Å². The molecule has 20 heavy (non-hydrogen) atoms. The van der Waals surface area contributed by atoms with Crippen LogP contribution in [-0.4, -0.2) is 42.0 Å². The van der Waals surface area contributed by atoms with Crippen molar-refractivity contribution >= 4 is 23.5 Å². The van der Waals surface area contributed by atoms with E-state index >= 15 is 0 Å². The summed E-state index contributed by atoms with van der Waals surface area (Å²) in [7, 11) is 1.94. The number of carboxylic acid groups (broad SMARTS) is 1. The molecule has 0 aliphatic carbocycles. The number of rotatable bonds is 4. The van der Waals surface area contributed by atoms with Crippen molar-refractivity contribution in [2.24, 2.45) is 5.92 Å². The number of benzene rings is 1. The first kappa shape index (κ1) is 14.8. The third-order valence-electron chi connectivity index (χ3n) is 3.51. The van der Waals surface area contributed by atoms with Crippen LogP contribution >= 0.6 is 11.6 Å². The van der Waals surface area contributed by atoms with Gasteiger partial charge in [-0.2, -0.15) is 0 Å². The van der Waals surface area contributed by atoms with E-state index in [1.165, 1.54) is 0 Å². The molecule has 1 amide bonds. The molecule has 1 aromatic rings. The molecule has 1 aliphatic rings. The molecule has 1 aliphatic heterocycles. The lowest BCUT2D eigenvalue weighted by Gasteiger charge is -2.18. The molecule has 2 N–H and O–H groups in total. The van der Waals surface area contributed by atoms with Crippen molar-refractivity contribution < 1.29 is 14.7 Å². The second-order valence-corrected chi connectivity index (χ2v) is 5.46. The number of carboxylic acids is 1. The van der Waals surface area contributed by atoms with E-state index in [0.717, 1.165) is 13.0 Å². The predicted octanol–water partition coefficient (Wildman–Crippen LogP) is 1.53. The van der Waals surface area contributed by atoms with Crippen molar-refractivity contribution in [2.45, 2.75) is 12.5 Å². The average Bonchev–Trinajstić information content (AvgIpc) is 2.83. The van der Waals surface area contributed by atoms with Gasteiger partial charge in [0.25, 0.3) is 0 Å². The van der Waals surface area contributed by atoms with E-state index in [2.05, 4.69) is 10.2 Å². The Morgan fingerprint density at radius 2 is 2.15 bits per heavy atom. The van der Waals surface area contributed by atoms with Gasteiger partial charge in [0.05, 0.1) is 5.92 Å². The fourth-order valence-electron chi connectivity index (χ4n) is 2.39. The van der Waals surface area contributed by atoms with Gasteiger partial charge in [-0.15, -0.1) is 0 Å². The van der Waals surface area contributed by atoms with E-state index in [0.29, 0.717) is 17.1 Å². The summed E-state index contributed by atoms with van der Waals surface area (Å²) in [6.45, 7) is 1.50. The normalized spacial score (nSPS) is 20.6. The first-order valence-electron chi connectivity index (χ1n) is 6.45. The largest absolute Gasteiger partial charge is 0.479 e. The Labute approximate surface area is 122 Å². The molecule has 1 aromatic carbocycles. The van der Waals surface area contributed by atoms with Crippen molar-refractivity contribution in [2.75, 3.05) is 20.1 Å². The van der Waals surface area contributed by atoms with Crippen LogP contribution in [0.3, 0.4) is 0 Å². The van der Waals surface area contributed by atoms with Gasteiger partial charge in [-0.3, -0.25) is 4.79 Å². The number of hydrogen-bond acceptors (Lipinski definition) is 3. The summed E-state index contributed by atoms with van der Waals surface area (Å²) in [4.78, 5) is 25.6. The molecule has 0 bridgehead atoms. The summed E-state index contributed by atoms with van der Waals surface area (Å²) < 4.78 is 0. The van der Waals surface area contributed by atoms with Crippen molar-refractivity contribution in [1.29, 1.82) is 0 Å². The van der Waals surface area contributed by atoms with Crippen LogP contribution in [0.2, 0.25) is 5.02 Å². The molecule has 0 spiro atoms.